The summed E-state index contributed by atoms with van der Waals surface area (Å²) in [7, 11) is 0. The normalized spacial score (nSPS) is 18.1. The van der Waals surface area contributed by atoms with Crippen molar-refractivity contribution in [2.45, 2.75) is 25.9 Å². The van der Waals surface area contributed by atoms with Crippen LogP contribution in [-0.2, 0) is 0 Å². The first-order valence-corrected chi connectivity index (χ1v) is 10.8. The molecule has 1 saturated heterocycles. The zero-order valence-electron chi connectivity index (χ0n) is 17.8. The number of pyridine rings is 2. The van der Waals surface area contributed by atoms with E-state index in [2.05, 4.69) is 39.8 Å². The molecule has 0 radical (unpaired) electrons. The lowest BCUT2D eigenvalue weighted by Crippen LogP contribution is -2.29. The molecular weight excluding hydrogens is 418 g/mol. The second-order valence-corrected chi connectivity index (χ2v) is 8.25. The Morgan fingerprint density at radius 1 is 1.00 bits per heavy atom. The van der Waals surface area contributed by atoms with Crippen LogP contribution < -0.4 is 10.2 Å². The average molecular weight is 442 g/mol. The molecule has 0 spiro atoms. The van der Waals surface area contributed by atoms with Crippen LogP contribution >= 0.6 is 12.2 Å². The molecule has 2 N–H and O–H groups in total. The van der Waals surface area contributed by atoms with Gasteiger partial charge in [-0.25, -0.2) is 0 Å². The van der Waals surface area contributed by atoms with Gasteiger partial charge in [-0.05, 0) is 74.1 Å². The van der Waals surface area contributed by atoms with Crippen LogP contribution in [0.5, 0.6) is 5.75 Å². The molecule has 0 unspecified atom stereocenters. The quantitative estimate of drug-likeness (QED) is 0.445. The third kappa shape index (κ3) is 3.31. The van der Waals surface area contributed by atoms with Crippen LogP contribution in [-0.4, -0.2) is 24.8 Å². The number of hydrogen-bond donors (Lipinski definition) is 2. The van der Waals surface area contributed by atoms with Crippen molar-refractivity contribution in [1.29, 1.82) is 0 Å². The molecular formula is C25H23N5OS. The summed E-state index contributed by atoms with van der Waals surface area (Å²) in [4.78, 5) is 10.9. The Bertz CT molecular complexity index is 1270. The van der Waals surface area contributed by atoms with Crippen LogP contribution in [0, 0.1) is 13.8 Å². The molecule has 1 aliphatic heterocycles. The number of benzene rings is 1. The third-order valence-electron chi connectivity index (χ3n) is 5.93. The van der Waals surface area contributed by atoms with E-state index in [1.54, 1.807) is 18.5 Å². The van der Waals surface area contributed by atoms with Gasteiger partial charge in [-0.2, -0.15) is 0 Å². The van der Waals surface area contributed by atoms with Gasteiger partial charge in [0.05, 0.1) is 35.3 Å². The van der Waals surface area contributed by atoms with Crippen LogP contribution in [0.3, 0.4) is 0 Å². The number of aromatic hydroxyl groups is 1. The second kappa shape index (κ2) is 8.09. The van der Waals surface area contributed by atoms with Crippen molar-refractivity contribution < 1.29 is 5.11 Å². The Morgan fingerprint density at radius 2 is 1.81 bits per heavy atom. The number of nitrogens with zero attached hydrogens (tertiary/aromatic N) is 4. The molecule has 0 saturated carbocycles. The van der Waals surface area contributed by atoms with E-state index < -0.39 is 0 Å². The summed E-state index contributed by atoms with van der Waals surface area (Å²) < 4.78 is 2.20. The molecule has 0 aliphatic carbocycles. The summed E-state index contributed by atoms with van der Waals surface area (Å²) in [6.45, 7) is 4.19. The van der Waals surface area contributed by atoms with Crippen LogP contribution in [0.1, 0.15) is 34.7 Å². The van der Waals surface area contributed by atoms with Gasteiger partial charge in [0, 0.05) is 23.8 Å². The van der Waals surface area contributed by atoms with Crippen molar-refractivity contribution in [3.63, 3.8) is 0 Å². The molecule has 160 valence electrons. The maximum Gasteiger partial charge on any atom is 0.174 e. The Kier molecular flexibility index (Phi) is 5.11. The predicted octanol–water partition coefficient (Wildman–Crippen LogP) is 4.77. The first-order chi connectivity index (χ1) is 15.6. The number of thiocarbonyl (C=S) groups is 1. The van der Waals surface area contributed by atoms with E-state index in [4.69, 9.17) is 12.2 Å². The lowest BCUT2D eigenvalue weighted by Gasteiger charge is -2.28. The molecule has 0 bridgehead atoms. The van der Waals surface area contributed by atoms with Crippen molar-refractivity contribution in [3.8, 4) is 11.4 Å². The zero-order chi connectivity index (χ0) is 22.2. The number of phenols is 1. The molecule has 3 aromatic heterocycles. The van der Waals surface area contributed by atoms with E-state index in [0.717, 1.165) is 28.3 Å². The van der Waals surface area contributed by atoms with Gasteiger partial charge in [0.25, 0.3) is 0 Å². The maximum absolute atomic E-state index is 10.7. The smallest absolute Gasteiger partial charge is 0.174 e. The highest BCUT2D eigenvalue weighted by atomic mass is 32.1. The van der Waals surface area contributed by atoms with E-state index >= 15 is 0 Å². The number of phenolic OH excluding ortho intramolecular Hbond substituents is 1. The highest BCUT2D eigenvalue weighted by Gasteiger charge is 2.43. The zero-order valence-corrected chi connectivity index (χ0v) is 18.6. The summed E-state index contributed by atoms with van der Waals surface area (Å²) in [5, 5.41) is 14.7. The Labute approximate surface area is 192 Å². The van der Waals surface area contributed by atoms with Crippen molar-refractivity contribution in [2.75, 3.05) is 4.90 Å². The number of aryl methyl sites for hydroxylation is 1. The minimum Gasteiger partial charge on any atom is -0.506 e. The number of para-hydroxylation sites is 2. The number of nitrogens with one attached hydrogen (secondary N) is 1. The monoisotopic (exact) mass is 441 g/mol. The standard InChI is InChI=1S/C25H23N5OS/c1-16-14-19(17(2)29(16)18-8-7-12-26-15-18)24-23(20-9-5-6-13-27-20)28-25(32)30(24)21-10-3-4-11-22(21)31/h3-15,23-24,31H,1-2H3,(H,28,32)/t23-,24+/m0/s1. The van der Waals surface area contributed by atoms with Gasteiger partial charge in [-0.15, -0.1) is 0 Å². The van der Waals surface area contributed by atoms with Gasteiger partial charge in [0.2, 0.25) is 0 Å². The van der Waals surface area contributed by atoms with Crippen LogP contribution in [0.4, 0.5) is 5.69 Å². The predicted molar refractivity (Wildman–Crippen MR) is 129 cm³/mol. The molecule has 32 heavy (non-hydrogen) atoms. The average Bonchev–Trinajstić information content (AvgIpc) is 3.30. The molecule has 5 rings (SSSR count). The van der Waals surface area contributed by atoms with Crippen molar-refractivity contribution >= 4 is 23.0 Å². The third-order valence-corrected chi connectivity index (χ3v) is 6.25. The van der Waals surface area contributed by atoms with Gasteiger partial charge in [0.15, 0.2) is 5.11 Å². The highest BCUT2D eigenvalue weighted by molar-refractivity contribution is 7.80. The highest BCUT2D eigenvalue weighted by Crippen LogP contribution is 2.45. The largest absolute Gasteiger partial charge is 0.506 e. The Morgan fingerprint density at radius 3 is 2.53 bits per heavy atom. The fourth-order valence-electron chi connectivity index (χ4n) is 4.57. The Hall–Kier alpha value is -3.71. The summed E-state index contributed by atoms with van der Waals surface area (Å²) >= 11 is 5.77. The minimum absolute atomic E-state index is 0.175. The van der Waals surface area contributed by atoms with E-state index in [0.29, 0.717) is 10.8 Å². The number of hydrogen-bond acceptors (Lipinski definition) is 4. The number of aromatic nitrogens is 3. The van der Waals surface area contributed by atoms with E-state index in [-0.39, 0.29) is 17.8 Å². The molecule has 1 fully saturated rings. The lowest BCUT2D eigenvalue weighted by molar-refractivity contribution is 0.472. The second-order valence-electron chi connectivity index (χ2n) is 7.86. The van der Waals surface area contributed by atoms with Crippen LogP contribution in [0.2, 0.25) is 0 Å². The molecule has 1 aromatic carbocycles. The van der Waals surface area contributed by atoms with Gasteiger partial charge in [-0.1, -0.05) is 18.2 Å². The molecule has 4 heterocycles. The molecule has 6 nitrogen and oxygen atoms in total. The first-order valence-electron chi connectivity index (χ1n) is 10.4. The van der Waals surface area contributed by atoms with Crippen molar-refractivity contribution in [1.82, 2.24) is 19.9 Å². The van der Waals surface area contributed by atoms with E-state index in [1.165, 1.54) is 0 Å². The van der Waals surface area contributed by atoms with E-state index in [9.17, 15) is 5.11 Å². The molecule has 7 heteroatoms. The van der Waals surface area contributed by atoms with Crippen molar-refractivity contribution in [2.24, 2.45) is 0 Å². The first kappa shape index (κ1) is 20.2. The number of rotatable bonds is 4. The SMILES string of the molecule is Cc1cc([C@@H]2[C@H](c3ccccn3)NC(=S)N2c2ccccc2O)c(C)n1-c1cccnc1. The minimum atomic E-state index is -0.192. The molecule has 1 aliphatic rings. The van der Waals surface area contributed by atoms with Crippen molar-refractivity contribution in [3.05, 3.63) is 102 Å². The topological polar surface area (TPSA) is 66.2 Å². The number of anilines is 1. The molecule has 0 amide bonds. The Balaban J connectivity index is 1.70. The fraction of sp³-hybridized carbons (Fsp3) is 0.160. The van der Waals surface area contributed by atoms with Crippen LogP contribution in [0.15, 0.2) is 79.3 Å². The molecule has 2 atom stereocenters. The van der Waals surface area contributed by atoms with E-state index in [1.807, 2.05) is 59.6 Å². The maximum atomic E-state index is 10.7. The lowest BCUT2D eigenvalue weighted by atomic mass is 9.96. The summed E-state index contributed by atoms with van der Waals surface area (Å²) in [6.07, 6.45) is 5.42. The van der Waals surface area contributed by atoms with Gasteiger partial charge in [-0.3, -0.25) is 9.97 Å². The van der Waals surface area contributed by atoms with Crippen LogP contribution in [0.25, 0.3) is 5.69 Å². The summed E-state index contributed by atoms with van der Waals surface area (Å²) in [6, 6.07) is 19.0. The van der Waals surface area contributed by atoms with Gasteiger partial charge in [0.1, 0.15) is 5.75 Å². The summed E-state index contributed by atoms with van der Waals surface area (Å²) in [5.74, 6) is 0.185. The summed E-state index contributed by atoms with van der Waals surface area (Å²) in [5.41, 5.74) is 5.86. The van der Waals surface area contributed by atoms with Gasteiger partial charge >= 0.3 is 0 Å². The molecule has 4 aromatic rings. The van der Waals surface area contributed by atoms with Gasteiger partial charge < -0.3 is 19.9 Å². The fourth-order valence-corrected chi connectivity index (χ4v) is 4.91.